The summed E-state index contributed by atoms with van der Waals surface area (Å²) in [5, 5.41) is 0. The number of alkyl halides is 24. The zero-order chi connectivity index (χ0) is 29.5. The summed E-state index contributed by atoms with van der Waals surface area (Å²) < 4.78 is 289. The highest BCUT2D eigenvalue weighted by Crippen LogP contribution is 2.67. The molecule has 35 heavy (non-hydrogen) atoms. The highest BCUT2D eigenvalue weighted by Gasteiger charge is 2.98. The summed E-state index contributed by atoms with van der Waals surface area (Å²) in [5.41, 5.74) is 0. The van der Waals surface area contributed by atoms with E-state index in [0.29, 0.717) is 0 Å². The Morgan fingerprint density at radius 3 is 0.514 bits per heavy atom. The zero-order valence-electron chi connectivity index (χ0n) is 14.6. The number of hydrogen-bond donors (Lipinski definition) is 0. The van der Waals surface area contributed by atoms with E-state index in [2.05, 4.69) is 0 Å². The average molecular weight is 696 g/mol. The summed E-state index contributed by atoms with van der Waals surface area (Å²) in [6.45, 7) is 0. The van der Waals surface area contributed by atoms with Crippen molar-refractivity contribution in [1.29, 1.82) is 0 Å². The molecule has 212 valence electrons. The molecule has 24 heteroatoms. The highest BCUT2D eigenvalue weighted by atomic mass is 127. The van der Waals surface area contributed by atoms with E-state index in [1.807, 2.05) is 0 Å². The Kier molecular flexibility index (Phi) is 7.86. The number of halogens is 24. The van der Waals surface area contributed by atoms with Crippen LogP contribution in [0.25, 0.3) is 0 Å². The van der Waals surface area contributed by atoms with E-state index < -0.39 is 86.0 Å². The summed E-state index contributed by atoms with van der Waals surface area (Å²) in [6, 6.07) is 0. The van der Waals surface area contributed by atoms with E-state index >= 15 is 0 Å². The molecule has 0 bridgehead atoms. The standard InChI is InChI=1S/C11F23I/c12-1(13,2(14,15)4(18,19)6(22,23)8(26,27)10(30,31)32)3(16,17)5(20,21)7(24,25)9(28,29)11(33,34)35. The van der Waals surface area contributed by atoms with Gasteiger partial charge in [0.15, 0.2) is 0 Å². The predicted molar refractivity (Wildman–Crippen MR) is 69.5 cm³/mol. The van der Waals surface area contributed by atoms with Crippen LogP contribution in [-0.2, 0) is 0 Å². The Hall–Kier alpha value is -0.880. The second-order valence-electron chi connectivity index (χ2n) is 6.17. The average Bonchev–Trinajstić information content (AvgIpc) is 2.58. The van der Waals surface area contributed by atoms with Crippen molar-refractivity contribution in [3.8, 4) is 0 Å². The Balaban J connectivity index is 7.15. The predicted octanol–water partition coefficient (Wildman–Crippen LogP) is 8.29. The molecule has 0 aliphatic heterocycles. The van der Waals surface area contributed by atoms with Crippen LogP contribution in [0.1, 0.15) is 0 Å². The van der Waals surface area contributed by atoms with Crippen LogP contribution in [0.15, 0.2) is 0 Å². The lowest BCUT2D eigenvalue weighted by Gasteiger charge is -2.44. The molecule has 0 aliphatic carbocycles. The van der Waals surface area contributed by atoms with Gasteiger partial charge in [-0.2, -0.15) is 101 Å². The maximum Gasteiger partial charge on any atom is 0.460 e. The molecule has 0 N–H and O–H groups in total. The van der Waals surface area contributed by atoms with Crippen LogP contribution in [-0.4, -0.2) is 63.4 Å². The first kappa shape index (κ1) is 34.1. The molecule has 0 aliphatic rings. The molecule has 0 saturated heterocycles. The van der Waals surface area contributed by atoms with Crippen LogP contribution < -0.4 is 0 Å². The minimum Gasteiger partial charge on any atom is -0.192 e. The maximum atomic E-state index is 13.3. The molecule has 0 aromatic heterocycles. The van der Waals surface area contributed by atoms with Crippen molar-refractivity contribution in [2.45, 2.75) is 63.4 Å². The summed E-state index contributed by atoms with van der Waals surface area (Å²) in [5.74, 6) is -80.2. The van der Waals surface area contributed by atoms with Gasteiger partial charge in [0, 0.05) is 22.6 Å². The van der Waals surface area contributed by atoms with Crippen molar-refractivity contribution in [3.63, 3.8) is 0 Å². The van der Waals surface area contributed by atoms with E-state index in [0.717, 1.165) is 0 Å². The fraction of sp³-hybridized carbons (Fsp3) is 1.00. The fourth-order valence-electron chi connectivity index (χ4n) is 1.74. The number of rotatable bonds is 9. The van der Waals surface area contributed by atoms with Crippen molar-refractivity contribution in [2.24, 2.45) is 0 Å². The van der Waals surface area contributed by atoms with Crippen molar-refractivity contribution in [1.82, 2.24) is 0 Å². The quantitative estimate of drug-likeness (QED) is 0.129. The van der Waals surface area contributed by atoms with E-state index in [1.54, 1.807) is 0 Å². The molecule has 0 unspecified atom stereocenters. The molecular weight excluding hydrogens is 696 g/mol. The third-order valence-corrected chi connectivity index (χ3v) is 4.54. The normalized spacial score (nSPS) is 17.1. The van der Waals surface area contributed by atoms with Crippen molar-refractivity contribution in [3.05, 3.63) is 0 Å². The first-order valence-corrected chi connectivity index (χ1v) is 8.11. The maximum absolute atomic E-state index is 13.3. The topological polar surface area (TPSA) is 0 Å². The Bertz CT molecular complexity index is 716. The van der Waals surface area contributed by atoms with Crippen LogP contribution in [0.3, 0.4) is 0 Å². The molecule has 0 radical (unpaired) electrons. The van der Waals surface area contributed by atoms with E-state index in [1.165, 1.54) is 0 Å². The van der Waals surface area contributed by atoms with Crippen LogP contribution in [0.5, 0.6) is 0 Å². The van der Waals surface area contributed by atoms with Gasteiger partial charge in [0.1, 0.15) is 0 Å². The van der Waals surface area contributed by atoms with Gasteiger partial charge in [-0.3, -0.25) is 0 Å². The van der Waals surface area contributed by atoms with Gasteiger partial charge in [0.2, 0.25) is 0 Å². The molecule has 0 amide bonds. The van der Waals surface area contributed by atoms with Crippen LogP contribution in [0.2, 0.25) is 0 Å². The zero-order valence-corrected chi connectivity index (χ0v) is 16.7. The Morgan fingerprint density at radius 2 is 0.371 bits per heavy atom. The first-order chi connectivity index (χ1) is 14.5. The van der Waals surface area contributed by atoms with Crippen molar-refractivity contribution in [2.75, 3.05) is 0 Å². The molecule has 0 fully saturated rings. The first-order valence-electron chi connectivity index (χ1n) is 7.04. The lowest BCUT2D eigenvalue weighted by Crippen LogP contribution is -2.77. The molecule has 0 heterocycles. The lowest BCUT2D eigenvalue weighted by molar-refractivity contribution is -0.476. The summed E-state index contributed by atoms with van der Waals surface area (Å²) in [7, 11) is 0. The fourth-order valence-corrected chi connectivity index (χ4v) is 2.07. The minimum atomic E-state index is -9.35. The summed E-state index contributed by atoms with van der Waals surface area (Å²) >= 11 is -1.20. The van der Waals surface area contributed by atoms with Gasteiger partial charge in [-0.1, -0.05) is 0 Å². The largest absolute Gasteiger partial charge is 0.460 e. The van der Waals surface area contributed by atoms with Gasteiger partial charge in [-0.15, -0.1) is 0 Å². The van der Waals surface area contributed by atoms with Crippen LogP contribution in [0.4, 0.5) is 101 Å². The molecule has 0 saturated carbocycles. The molecule has 0 nitrogen and oxygen atoms in total. The SMILES string of the molecule is FC(F)(F)C(F)(F)C(F)(F)C(F)(F)C(F)(F)C(F)(F)C(F)(F)C(F)(F)C(F)(F)C(F)(F)C(F)(F)I. The van der Waals surface area contributed by atoms with E-state index in [-0.39, 0.29) is 0 Å². The van der Waals surface area contributed by atoms with E-state index in [9.17, 15) is 101 Å². The van der Waals surface area contributed by atoms with Gasteiger partial charge in [-0.05, 0) is 0 Å². The van der Waals surface area contributed by atoms with Crippen LogP contribution >= 0.6 is 22.6 Å². The Labute approximate surface area is 187 Å². The summed E-state index contributed by atoms with van der Waals surface area (Å²) in [4.78, 5) is 0. The Morgan fingerprint density at radius 1 is 0.229 bits per heavy atom. The van der Waals surface area contributed by atoms with Gasteiger partial charge < -0.3 is 0 Å². The monoisotopic (exact) mass is 696 g/mol. The van der Waals surface area contributed by atoms with Gasteiger partial charge in [-0.25, -0.2) is 0 Å². The van der Waals surface area contributed by atoms with E-state index in [4.69, 9.17) is 0 Å². The van der Waals surface area contributed by atoms with Gasteiger partial charge >= 0.3 is 63.4 Å². The lowest BCUT2D eigenvalue weighted by atomic mass is 9.86. The molecule has 0 rings (SSSR count). The third kappa shape index (κ3) is 4.04. The van der Waals surface area contributed by atoms with Gasteiger partial charge in [0.05, 0.1) is 0 Å². The number of hydrogen-bond acceptors (Lipinski definition) is 0. The second kappa shape index (κ2) is 8.06. The smallest absolute Gasteiger partial charge is 0.192 e. The summed E-state index contributed by atoms with van der Waals surface area (Å²) in [6.07, 6.45) is -8.07. The van der Waals surface area contributed by atoms with Crippen LogP contribution in [0, 0.1) is 0 Å². The van der Waals surface area contributed by atoms with Crippen molar-refractivity contribution < 1.29 is 101 Å². The van der Waals surface area contributed by atoms with Gasteiger partial charge in [0.25, 0.3) is 0 Å². The highest BCUT2D eigenvalue weighted by molar-refractivity contribution is 14.1. The second-order valence-corrected chi connectivity index (χ2v) is 7.52. The third-order valence-electron chi connectivity index (χ3n) is 3.87. The molecule has 0 aromatic rings. The molecule has 0 atom stereocenters. The molecule has 0 spiro atoms. The molecule has 0 aromatic carbocycles. The minimum absolute atomic E-state index is 1.20. The van der Waals surface area contributed by atoms with Crippen molar-refractivity contribution >= 4 is 22.6 Å². The molecular formula is C11F23I.